The summed E-state index contributed by atoms with van der Waals surface area (Å²) in [5.74, 6) is -0.830. The maximum Gasteiger partial charge on any atom is 0.249 e. The Morgan fingerprint density at radius 3 is 2.48 bits per heavy atom. The van der Waals surface area contributed by atoms with Crippen molar-refractivity contribution >= 4 is 28.3 Å². The van der Waals surface area contributed by atoms with E-state index in [2.05, 4.69) is 27.8 Å². The Hall–Kier alpha value is -3.13. The third-order valence-corrected chi connectivity index (χ3v) is 5.58. The summed E-state index contributed by atoms with van der Waals surface area (Å²) in [5.41, 5.74) is 1.66. The Labute approximate surface area is 184 Å². The van der Waals surface area contributed by atoms with Crippen molar-refractivity contribution in [1.29, 1.82) is 0 Å². The number of halogens is 1. The van der Waals surface area contributed by atoms with Crippen LogP contribution in [0.1, 0.15) is 38.2 Å². The lowest BCUT2D eigenvalue weighted by atomic mass is 10.0. The second-order valence-corrected chi connectivity index (χ2v) is 8.15. The summed E-state index contributed by atoms with van der Waals surface area (Å²) in [4.78, 5) is 25.3. The van der Waals surface area contributed by atoms with E-state index in [-0.39, 0.29) is 17.6 Å². The lowest BCUT2D eigenvalue weighted by molar-refractivity contribution is -0.126. The van der Waals surface area contributed by atoms with E-state index in [9.17, 15) is 14.0 Å². The van der Waals surface area contributed by atoms with E-state index in [0.29, 0.717) is 28.5 Å². The minimum Gasteiger partial charge on any atom is -0.344 e. The van der Waals surface area contributed by atoms with Crippen LogP contribution >= 0.6 is 11.3 Å². The molecule has 3 aromatic rings. The van der Waals surface area contributed by atoms with Crippen LogP contribution < -0.4 is 10.6 Å². The monoisotopic (exact) mass is 440 g/mol. The van der Waals surface area contributed by atoms with E-state index in [1.54, 1.807) is 12.1 Å². The molecule has 1 aromatic heterocycles. The number of unbranched alkanes of at least 4 members (excludes halogenated alkanes) is 2. The number of carbonyl (C=O) groups is 2. The first-order valence-electron chi connectivity index (χ1n) is 10.3. The quantitative estimate of drug-likeness (QED) is 0.452. The van der Waals surface area contributed by atoms with Gasteiger partial charge in [-0.1, -0.05) is 61.4 Å². The fourth-order valence-electron chi connectivity index (χ4n) is 3.04. The van der Waals surface area contributed by atoms with Crippen LogP contribution in [0, 0.1) is 5.82 Å². The Kier molecular flexibility index (Phi) is 8.23. The number of carbonyl (C=O) groups excluding carboxylic acids is 2. The summed E-state index contributed by atoms with van der Waals surface area (Å²) in [6.07, 6.45) is 3.55. The fraction of sp³-hybridized carbons (Fsp3) is 0.304. The fourth-order valence-corrected chi connectivity index (χ4v) is 3.79. The van der Waals surface area contributed by atoms with Gasteiger partial charge in [0.2, 0.25) is 16.9 Å². The van der Waals surface area contributed by atoms with Gasteiger partial charge in [-0.3, -0.25) is 14.9 Å². The molecule has 0 fully saturated rings. The maximum absolute atomic E-state index is 13.1. The number of amides is 2. The minimum absolute atomic E-state index is 0.145. The van der Waals surface area contributed by atoms with E-state index in [1.165, 1.54) is 23.5 Å². The topological polar surface area (TPSA) is 84.0 Å². The first kappa shape index (κ1) is 22.6. The number of benzene rings is 2. The molecule has 31 heavy (non-hydrogen) atoms. The van der Waals surface area contributed by atoms with Gasteiger partial charge in [0.15, 0.2) is 0 Å². The minimum atomic E-state index is -0.727. The predicted octanol–water partition coefficient (Wildman–Crippen LogP) is 4.59. The Balaban J connectivity index is 1.68. The van der Waals surface area contributed by atoms with Gasteiger partial charge in [-0.05, 0) is 36.2 Å². The number of nitrogens with zero attached hydrogens (tertiary/aromatic N) is 2. The number of anilines is 1. The molecule has 2 N–H and O–H groups in total. The molecule has 3 rings (SSSR count). The van der Waals surface area contributed by atoms with Crippen LogP contribution in [0.3, 0.4) is 0 Å². The third kappa shape index (κ3) is 6.96. The predicted molar refractivity (Wildman–Crippen MR) is 120 cm³/mol. The van der Waals surface area contributed by atoms with Crippen molar-refractivity contribution in [3.63, 3.8) is 0 Å². The SMILES string of the molecule is CCCCCC(=O)NC(Cc1ccccc1)C(=O)Nc1nnc(-c2ccc(F)cc2)s1. The second-order valence-electron chi connectivity index (χ2n) is 7.18. The summed E-state index contributed by atoms with van der Waals surface area (Å²) in [5, 5.41) is 14.6. The summed E-state index contributed by atoms with van der Waals surface area (Å²) < 4.78 is 13.1. The molecular formula is C23H25FN4O2S. The molecule has 0 aliphatic carbocycles. The molecule has 162 valence electrons. The van der Waals surface area contributed by atoms with Crippen molar-refractivity contribution in [2.24, 2.45) is 0 Å². The van der Waals surface area contributed by atoms with Crippen LogP contribution in [0.25, 0.3) is 10.6 Å². The third-order valence-electron chi connectivity index (χ3n) is 4.69. The average molecular weight is 441 g/mol. The molecule has 0 saturated carbocycles. The standard InChI is InChI=1S/C23H25FN4O2S/c1-2-3-5-10-20(29)25-19(15-16-8-6-4-7-9-16)21(30)26-23-28-27-22(31-23)17-11-13-18(24)14-12-17/h4,6-9,11-14,19H,2-3,5,10,15H2,1H3,(H,25,29)(H,26,28,30). The zero-order valence-corrected chi connectivity index (χ0v) is 18.1. The highest BCUT2D eigenvalue weighted by atomic mass is 32.1. The van der Waals surface area contributed by atoms with Crippen molar-refractivity contribution in [3.8, 4) is 10.6 Å². The van der Waals surface area contributed by atoms with Crippen molar-refractivity contribution in [3.05, 3.63) is 66.0 Å². The van der Waals surface area contributed by atoms with Crippen molar-refractivity contribution in [2.75, 3.05) is 5.32 Å². The van der Waals surface area contributed by atoms with Gasteiger partial charge in [-0.15, -0.1) is 10.2 Å². The highest BCUT2D eigenvalue weighted by molar-refractivity contribution is 7.18. The first-order valence-corrected chi connectivity index (χ1v) is 11.1. The van der Waals surface area contributed by atoms with Gasteiger partial charge in [-0.2, -0.15) is 0 Å². The molecule has 6 nitrogen and oxygen atoms in total. The summed E-state index contributed by atoms with van der Waals surface area (Å²) in [7, 11) is 0. The molecule has 1 unspecified atom stereocenters. The molecule has 0 bridgehead atoms. The molecule has 2 amide bonds. The van der Waals surface area contributed by atoms with Crippen molar-refractivity contribution < 1.29 is 14.0 Å². The van der Waals surface area contributed by atoms with Crippen LogP contribution in [0.4, 0.5) is 9.52 Å². The molecule has 0 radical (unpaired) electrons. The van der Waals surface area contributed by atoms with Crippen LogP contribution in [0.2, 0.25) is 0 Å². The second kappa shape index (κ2) is 11.3. The lowest BCUT2D eigenvalue weighted by Gasteiger charge is -2.18. The molecule has 8 heteroatoms. The summed E-state index contributed by atoms with van der Waals surface area (Å²) in [6, 6.07) is 14.7. The Bertz CT molecular complexity index is 992. The smallest absolute Gasteiger partial charge is 0.249 e. The molecule has 0 spiro atoms. The van der Waals surface area contributed by atoms with E-state index in [0.717, 1.165) is 24.8 Å². The number of hydrogen-bond donors (Lipinski definition) is 2. The van der Waals surface area contributed by atoms with E-state index < -0.39 is 6.04 Å². The largest absolute Gasteiger partial charge is 0.344 e. The van der Waals surface area contributed by atoms with Crippen LogP contribution in [-0.4, -0.2) is 28.1 Å². The van der Waals surface area contributed by atoms with Gasteiger partial charge in [0.1, 0.15) is 16.9 Å². The van der Waals surface area contributed by atoms with Gasteiger partial charge >= 0.3 is 0 Å². The van der Waals surface area contributed by atoms with Gasteiger partial charge in [0, 0.05) is 18.4 Å². The van der Waals surface area contributed by atoms with Gasteiger partial charge in [-0.25, -0.2) is 4.39 Å². The van der Waals surface area contributed by atoms with Crippen LogP contribution in [0.15, 0.2) is 54.6 Å². The summed E-state index contributed by atoms with van der Waals surface area (Å²) >= 11 is 1.19. The molecule has 0 aliphatic heterocycles. The number of rotatable bonds is 10. The molecular weight excluding hydrogens is 415 g/mol. The van der Waals surface area contributed by atoms with Gasteiger partial charge in [0.25, 0.3) is 0 Å². The number of hydrogen-bond acceptors (Lipinski definition) is 5. The zero-order chi connectivity index (χ0) is 22.1. The maximum atomic E-state index is 13.1. The van der Waals surface area contributed by atoms with Gasteiger partial charge in [0.05, 0.1) is 0 Å². The van der Waals surface area contributed by atoms with Crippen molar-refractivity contribution in [1.82, 2.24) is 15.5 Å². The molecule has 0 aliphatic rings. The van der Waals surface area contributed by atoms with E-state index >= 15 is 0 Å². The number of nitrogens with one attached hydrogen (secondary N) is 2. The van der Waals surface area contributed by atoms with Crippen molar-refractivity contribution in [2.45, 2.75) is 45.1 Å². The molecule has 1 atom stereocenters. The molecule has 2 aromatic carbocycles. The Morgan fingerprint density at radius 1 is 1.03 bits per heavy atom. The normalized spacial score (nSPS) is 11.7. The highest BCUT2D eigenvalue weighted by Gasteiger charge is 2.22. The van der Waals surface area contributed by atoms with E-state index in [4.69, 9.17) is 0 Å². The Morgan fingerprint density at radius 2 is 1.77 bits per heavy atom. The summed E-state index contributed by atoms with van der Waals surface area (Å²) in [6.45, 7) is 2.08. The lowest BCUT2D eigenvalue weighted by Crippen LogP contribution is -2.45. The van der Waals surface area contributed by atoms with Crippen LogP contribution in [0.5, 0.6) is 0 Å². The highest BCUT2D eigenvalue weighted by Crippen LogP contribution is 2.26. The average Bonchev–Trinajstić information content (AvgIpc) is 3.23. The first-order chi connectivity index (χ1) is 15.0. The van der Waals surface area contributed by atoms with Gasteiger partial charge < -0.3 is 5.32 Å². The van der Waals surface area contributed by atoms with Crippen LogP contribution in [-0.2, 0) is 16.0 Å². The zero-order valence-electron chi connectivity index (χ0n) is 17.3. The number of aromatic nitrogens is 2. The molecule has 0 saturated heterocycles. The molecule has 1 heterocycles. The van der Waals surface area contributed by atoms with E-state index in [1.807, 2.05) is 30.3 Å².